The van der Waals surface area contributed by atoms with E-state index in [2.05, 4.69) is 52.2 Å². The minimum atomic E-state index is -4.61. The molecule has 22 nitrogen and oxygen atoms in total. The number of aliphatic hydroxyl groups is 4. The van der Waals surface area contributed by atoms with Gasteiger partial charge in [-0.05, 0) is 51.4 Å². The lowest BCUT2D eigenvalue weighted by atomic mass is 9.95. The van der Waals surface area contributed by atoms with Crippen molar-refractivity contribution >= 4 is 43.3 Å². The molecule has 2 amide bonds. The molecule has 0 bridgehead atoms. The number of hydrogen-bond acceptors (Lipinski definition) is 19. The highest BCUT2D eigenvalue weighted by molar-refractivity contribution is 7.51. The molecule has 0 aromatic rings. The number of ether oxygens (including phenoxy) is 7. The minimum absolute atomic E-state index is 0.140. The molecule has 2 aliphatic heterocycles. The molecule has 0 saturated carbocycles. The van der Waals surface area contributed by atoms with Gasteiger partial charge in [-0.2, -0.15) is 0 Å². The fraction of sp³-hybridized carbons (Fsp3) is 0.938. The van der Waals surface area contributed by atoms with Crippen LogP contribution >= 0.6 is 7.60 Å². The predicted molar refractivity (Wildman–Crippen MR) is 481 cm³/mol. The SMILES string of the molecule is CCCCCCCCCCCCCCCC(=O)O[C@H](CCCCCCCCCCC)CC(=O)N[C@@H]1C(OP(C)(=O)O)OC(CO[C@@H]2OC(CO)CC(OC(=O)C[C@@H](CCCCCCCCCCC)OC(=O)CCCCCCCCCCC)[C@@H]2NC(=O)C[C@H](O)CCCCCCCCCCC)[C@@H](O)C1OC(=O)C[C@H](O)CCCCCCCCCCC. The summed E-state index contributed by atoms with van der Waals surface area (Å²) in [6, 6.07) is -3.05. The number of esters is 4. The zero-order valence-electron chi connectivity index (χ0n) is 77.5. The molecule has 0 aromatic heterocycles. The van der Waals surface area contributed by atoms with Gasteiger partial charge in [0.2, 0.25) is 11.8 Å². The molecule has 7 N–H and O–H groups in total. The molecule has 120 heavy (non-hydrogen) atoms. The number of hydrogen-bond donors (Lipinski definition) is 7. The first-order chi connectivity index (χ1) is 58.2. The van der Waals surface area contributed by atoms with E-state index >= 15 is 0 Å². The summed E-state index contributed by atoms with van der Waals surface area (Å²) in [5.41, 5.74) is 0. The Morgan fingerprint density at radius 2 is 0.700 bits per heavy atom. The molecule has 2 saturated heterocycles. The molecule has 14 atom stereocenters. The summed E-state index contributed by atoms with van der Waals surface area (Å²) in [6.45, 7) is 12.8. The van der Waals surface area contributed by atoms with E-state index in [0.717, 1.165) is 167 Å². The smallest absolute Gasteiger partial charge is 0.327 e. The maximum Gasteiger partial charge on any atom is 0.327 e. The molecule has 0 aliphatic carbocycles. The van der Waals surface area contributed by atoms with Crippen molar-refractivity contribution in [1.82, 2.24) is 10.6 Å². The highest BCUT2D eigenvalue weighted by atomic mass is 31.2. The Bertz CT molecular complexity index is 2510. The highest BCUT2D eigenvalue weighted by Gasteiger charge is 2.52. The number of unbranched alkanes of at least 4 members (excludes halogenated alkanes) is 52. The van der Waals surface area contributed by atoms with E-state index in [4.69, 9.17) is 37.7 Å². The van der Waals surface area contributed by atoms with Crippen LogP contribution in [0.15, 0.2) is 0 Å². The Hall–Kier alpha value is -3.31. The van der Waals surface area contributed by atoms with E-state index in [1.807, 2.05) is 0 Å². The predicted octanol–water partition coefficient (Wildman–Crippen LogP) is 23.0. The molecule has 0 radical (unpaired) electrons. The van der Waals surface area contributed by atoms with Crippen LogP contribution in [0.4, 0.5) is 0 Å². The Kier molecular flexibility index (Phi) is 72.2. The fourth-order valence-corrected chi connectivity index (χ4v) is 17.3. The number of amides is 2. The number of aliphatic hydroxyl groups excluding tert-OH is 4. The van der Waals surface area contributed by atoms with Crippen LogP contribution in [-0.4, -0.2) is 160 Å². The van der Waals surface area contributed by atoms with Gasteiger partial charge in [-0.1, -0.05) is 388 Å². The van der Waals surface area contributed by atoms with Gasteiger partial charge in [0, 0.05) is 25.9 Å². The third-order valence-electron chi connectivity index (χ3n) is 24.1. The minimum Gasteiger partial charge on any atom is -0.462 e. The highest BCUT2D eigenvalue weighted by Crippen LogP contribution is 2.42. The molecule has 0 spiro atoms. The Balaban J connectivity index is 2.63. The van der Waals surface area contributed by atoms with Crippen LogP contribution in [-0.2, 0) is 71.0 Å². The second-order valence-corrected chi connectivity index (χ2v) is 37.7. The lowest BCUT2D eigenvalue weighted by Crippen LogP contribution is -2.66. The van der Waals surface area contributed by atoms with Gasteiger partial charge in [0.15, 0.2) is 18.7 Å². The molecule has 2 aliphatic rings. The number of carbonyl (C=O) groups is 6. The maximum atomic E-state index is 14.8. The molecule has 2 rings (SSSR count). The van der Waals surface area contributed by atoms with E-state index < -0.39 is 143 Å². The zero-order chi connectivity index (χ0) is 87.7. The van der Waals surface area contributed by atoms with Crippen LogP contribution < -0.4 is 10.6 Å². The van der Waals surface area contributed by atoms with Crippen LogP contribution in [0.1, 0.15) is 485 Å². The fourth-order valence-electron chi connectivity index (χ4n) is 16.7. The summed E-state index contributed by atoms with van der Waals surface area (Å²) in [4.78, 5) is 96.5. The van der Waals surface area contributed by atoms with Gasteiger partial charge in [0.05, 0.1) is 57.2 Å². The molecule has 0 aromatic carbocycles. The van der Waals surface area contributed by atoms with Gasteiger partial charge in [-0.25, -0.2) is 0 Å². The second-order valence-electron chi connectivity index (χ2n) is 35.9. The Morgan fingerprint density at radius 3 is 1.07 bits per heavy atom. The van der Waals surface area contributed by atoms with Crippen molar-refractivity contribution in [3.05, 3.63) is 0 Å². The van der Waals surface area contributed by atoms with Crippen molar-refractivity contribution in [2.24, 2.45) is 0 Å². The van der Waals surface area contributed by atoms with E-state index in [9.17, 15) is 58.7 Å². The molecule has 706 valence electrons. The Morgan fingerprint density at radius 1 is 0.383 bits per heavy atom. The summed E-state index contributed by atoms with van der Waals surface area (Å²) in [6.07, 6.45) is 47.6. The van der Waals surface area contributed by atoms with Crippen molar-refractivity contribution in [2.45, 2.75) is 564 Å². The second kappa shape index (κ2) is 76.9. The van der Waals surface area contributed by atoms with Gasteiger partial charge >= 0.3 is 31.5 Å². The monoisotopic (exact) mass is 1730 g/mol. The van der Waals surface area contributed by atoms with Crippen LogP contribution in [0.2, 0.25) is 0 Å². The van der Waals surface area contributed by atoms with Crippen molar-refractivity contribution in [3.8, 4) is 0 Å². The molecule has 6 unspecified atom stereocenters. The van der Waals surface area contributed by atoms with E-state index in [1.54, 1.807) is 0 Å². The van der Waals surface area contributed by atoms with Gasteiger partial charge in [-0.3, -0.25) is 37.9 Å². The standard InChI is InChI=1S/C97H183N2O20P/c1-8-14-20-26-32-38-39-40-41-47-53-59-64-70-88(105)113-81(68-62-56-50-44-35-29-23-17-11-4)75-87(104)99-93-95(118-90(107)73-80(102)67-61-55-49-43-34-28-22-16-10-3)94(109)85(117-97(93)119-120(7,110)111)78-112-96-92(98-86(103)72-79(101)66-60-54-48-42-33-27-21-15-9-2)84(74-83(77-100)115-96)116-91(108)76-82(69-63-57-51-45-36-30-24-18-12-5)114-89(106)71-65-58-52-46-37-31-25-19-13-6/h79-85,92-97,100-102,109H,8-78H2,1-7H3,(H,98,103)(H,99,104)(H,110,111)/t79-,80-,81-,82-,83?,84?,85?,92+,93+,94-,95?,96-,97?/m1/s1. The normalized spacial score (nSPS) is 20.2. The first-order valence-corrected chi connectivity index (χ1v) is 52.2. The summed E-state index contributed by atoms with van der Waals surface area (Å²) < 4.78 is 63.3. The van der Waals surface area contributed by atoms with E-state index in [1.165, 1.54) is 173 Å². The molecular weight excluding hydrogens is 1540 g/mol. The van der Waals surface area contributed by atoms with Crippen LogP contribution in [0.25, 0.3) is 0 Å². The lowest BCUT2D eigenvalue weighted by molar-refractivity contribution is -0.283. The number of rotatable bonds is 84. The lowest BCUT2D eigenvalue weighted by Gasteiger charge is -2.45. The van der Waals surface area contributed by atoms with E-state index in [0.29, 0.717) is 57.8 Å². The average Bonchev–Trinajstić information content (AvgIpc) is 0.784. The average molecular weight is 1730 g/mol. The van der Waals surface area contributed by atoms with Crippen molar-refractivity contribution < 1.29 is 96.3 Å². The maximum absolute atomic E-state index is 14.8. The van der Waals surface area contributed by atoms with Gasteiger partial charge in [-0.15, -0.1) is 0 Å². The van der Waals surface area contributed by atoms with Crippen molar-refractivity contribution in [1.29, 1.82) is 0 Å². The number of carbonyl (C=O) groups excluding carboxylic acids is 6. The summed E-state index contributed by atoms with van der Waals surface area (Å²) in [7, 11) is -4.61. The van der Waals surface area contributed by atoms with Crippen LogP contribution in [0, 0.1) is 0 Å². The molecular formula is C97H183N2O20P. The number of nitrogens with one attached hydrogen (secondary N) is 2. The van der Waals surface area contributed by atoms with Gasteiger partial charge in [0.1, 0.15) is 42.6 Å². The quantitative estimate of drug-likeness (QED) is 0.0129. The van der Waals surface area contributed by atoms with Gasteiger partial charge in [0.25, 0.3) is 0 Å². The first kappa shape index (κ1) is 113. The Labute approximate surface area is 730 Å². The first-order valence-electron chi connectivity index (χ1n) is 50.1. The molecule has 23 heteroatoms. The van der Waals surface area contributed by atoms with Gasteiger partial charge < -0.3 is 69.1 Å². The van der Waals surface area contributed by atoms with Crippen molar-refractivity contribution in [2.75, 3.05) is 19.9 Å². The molecule has 2 heterocycles. The largest absolute Gasteiger partial charge is 0.462 e. The van der Waals surface area contributed by atoms with Crippen LogP contribution in [0.3, 0.4) is 0 Å². The summed E-state index contributed by atoms with van der Waals surface area (Å²) >= 11 is 0. The third-order valence-corrected chi connectivity index (χ3v) is 24.7. The summed E-state index contributed by atoms with van der Waals surface area (Å²) in [5, 5.41) is 52.0. The van der Waals surface area contributed by atoms with Crippen molar-refractivity contribution in [3.63, 3.8) is 0 Å². The van der Waals surface area contributed by atoms with Crippen LogP contribution in [0.5, 0.6) is 0 Å². The molecule has 2 fully saturated rings. The summed E-state index contributed by atoms with van der Waals surface area (Å²) in [5.74, 6) is -3.90. The third kappa shape index (κ3) is 62.0. The topological polar surface area (TPSA) is 319 Å². The zero-order valence-corrected chi connectivity index (χ0v) is 78.4. The van der Waals surface area contributed by atoms with E-state index in [-0.39, 0.29) is 44.9 Å².